The van der Waals surface area contributed by atoms with Crippen LogP contribution in [0.1, 0.15) is 0 Å². The van der Waals surface area contributed by atoms with Crippen molar-refractivity contribution in [2.24, 2.45) is 0 Å². The van der Waals surface area contributed by atoms with E-state index in [-0.39, 0.29) is 12.5 Å². The van der Waals surface area contributed by atoms with E-state index in [9.17, 15) is 4.79 Å². The smallest absolute Gasteiger partial charge is 0.247 e. The predicted molar refractivity (Wildman–Crippen MR) is 70.6 cm³/mol. The van der Waals surface area contributed by atoms with E-state index in [1.165, 1.54) is 17.2 Å². The van der Waals surface area contributed by atoms with E-state index >= 15 is 0 Å². The molecule has 0 atom stereocenters. The monoisotopic (exact) mass is 363 g/mol. The highest BCUT2D eigenvalue weighted by atomic mass is 127. The van der Waals surface area contributed by atoms with Crippen molar-refractivity contribution in [1.82, 2.24) is 19.7 Å². The molecular formula is C9H7ClIN5O. The van der Waals surface area contributed by atoms with Crippen molar-refractivity contribution in [1.29, 1.82) is 0 Å². The first kappa shape index (κ1) is 12.2. The van der Waals surface area contributed by atoms with Crippen LogP contribution in [0.4, 0.5) is 5.82 Å². The summed E-state index contributed by atoms with van der Waals surface area (Å²) in [6.45, 7) is 0.0975. The third-order valence-corrected chi connectivity index (χ3v) is 2.53. The molecule has 0 aliphatic rings. The van der Waals surface area contributed by atoms with Gasteiger partial charge in [0.2, 0.25) is 9.74 Å². The highest BCUT2D eigenvalue weighted by Gasteiger charge is 2.05. The van der Waals surface area contributed by atoms with Crippen molar-refractivity contribution >= 4 is 45.9 Å². The average molecular weight is 364 g/mol. The molecule has 1 N–H and O–H groups in total. The number of nitrogens with zero attached hydrogens (tertiary/aromatic N) is 4. The Labute approximate surface area is 116 Å². The fourth-order valence-electron chi connectivity index (χ4n) is 1.13. The van der Waals surface area contributed by atoms with Crippen LogP contribution in [0.2, 0.25) is 5.02 Å². The summed E-state index contributed by atoms with van der Waals surface area (Å²) in [5, 5.41) is 7.15. The van der Waals surface area contributed by atoms with Crippen molar-refractivity contribution in [3.05, 3.63) is 33.5 Å². The number of hydrogen-bond acceptors (Lipinski definition) is 4. The maximum absolute atomic E-state index is 11.6. The number of carbonyl (C=O) groups excluding carboxylic acids is 1. The van der Waals surface area contributed by atoms with Crippen LogP contribution < -0.4 is 5.32 Å². The van der Waals surface area contributed by atoms with Crippen LogP contribution >= 0.6 is 34.2 Å². The van der Waals surface area contributed by atoms with Crippen molar-refractivity contribution in [3.63, 3.8) is 0 Å². The number of nitrogens with one attached hydrogen (secondary N) is 1. The molecule has 0 bridgehead atoms. The molecule has 88 valence electrons. The van der Waals surface area contributed by atoms with Gasteiger partial charge < -0.3 is 5.32 Å². The van der Waals surface area contributed by atoms with Crippen molar-refractivity contribution < 1.29 is 4.79 Å². The Hall–Kier alpha value is -1.22. The Balaban J connectivity index is 1.95. The molecule has 17 heavy (non-hydrogen) atoms. The molecule has 0 saturated carbocycles. The molecule has 0 unspecified atom stereocenters. The van der Waals surface area contributed by atoms with Gasteiger partial charge in [-0.25, -0.2) is 14.6 Å². The molecule has 2 rings (SSSR count). The van der Waals surface area contributed by atoms with E-state index in [1.54, 1.807) is 12.1 Å². The van der Waals surface area contributed by atoms with E-state index in [1.807, 2.05) is 22.6 Å². The van der Waals surface area contributed by atoms with Crippen molar-refractivity contribution in [2.75, 3.05) is 5.32 Å². The lowest BCUT2D eigenvalue weighted by Crippen LogP contribution is -2.19. The lowest BCUT2D eigenvalue weighted by atomic mass is 10.4. The molecule has 0 aliphatic heterocycles. The maximum Gasteiger partial charge on any atom is 0.247 e. The van der Waals surface area contributed by atoms with Crippen LogP contribution in [0, 0.1) is 3.83 Å². The quantitative estimate of drug-likeness (QED) is 0.840. The van der Waals surface area contributed by atoms with Gasteiger partial charge in [0, 0.05) is 28.8 Å². The number of anilines is 1. The molecule has 0 fully saturated rings. The average Bonchev–Trinajstić information content (AvgIpc) is 2.67. The van der Waals surface area contributed by atoms with Crippen molar-refractivity contribution in [3.8, 4) is 0 Å². The minimum Gasteiger partial charge on any atom is -0.309 e. The highest BCUT2D eigenvalue weighted by molar-refractivity contribution is 14.1. The van der Waals surface area contributed by atoms with E-state index in [4.69, 9.17) is 11.6 Å². The van der Waals surface area contributed by atoms with Crippen LogP contribution in [0.5, 0.6) is 0 Å². The van der Waals surface area contributed by atoms with Gasteiger partial charge in [-0.15, -0.1) is 5.10 Å². The summed E-state index contributed by atoms with van der Waals surface area (Å²) in [5.74, 6) is 0.232. The zero-order valence-corrected chi connectivity index (χ0v) is 11.4. The van der Waals surface area contributed by atoms with Crippen LogP contribution in [0.3, 0.4) is 0 Å². The molecule has 2 aromatic rings. The van der Waals surface area contributed by atoms with E-state index < -0.39 is 0 Å². The van der Waals surface area contributed by atoms with Crippen LogP contribution in [-0.2, 0) is 11.3 Å². The first-order valence-electron chi connectivity index (χ1n) is 4.60. The summed E-state index contributed by atoms with van der Waals surface area (Å²) in [5.41, 5.74) is 0. The first-order chi connectivity index (χ1) is 8.13. The number of amides is 1. The fraction of sp³-hybridized carbons (Fsp3) is 0.111. The van der Waals surface area contributed by atoms with Crippen molar-refractivity contribution in [2.45, 2.75) is 6.54 Å². The van der Waals surface area contributed by atoms with Gasteiger partial charge in [0.25, 0.3) is 0 Å². The number of aromatic nitrogens is 4. The third-order valence-electron chi connectivity index (χ3n) is 1.81. The Morgan fingerprint density at radius 2 is 2.29 bits per heavy atom. The molecule has 0 saturated heterocycles. The fourth-order valence-corrected chi connectivity index (χ4v) is 1.64. The van der Waals surface area contributed by atoms with Gasteiger partial charge >= 0.3 is 0 Å². The number of carbonyl (C=O) groups is 1. The Morgan fingerprint density at radius 3 is 2.88 bits per heavy atom. The maximum atomic E-state index is 11.6. The Morgan fingerprint density at radius 1 is 1.47 bits per heavy atom. The second kappa shape index (κ2) is 5.41. The van der Waals surface area contributed by atoms with E-state index in [0.29, 0.717) is 14.7 Å². The number of hydrogen-bond donors (Lipinski definition) is 1. The van der Waals surface area contributed by atoms with Crippen LogP contribution in [-0.4, -0.2) is 25.7 Å². The largest absolute Gasteiger partial charge is 0.309 e. The predicted octanol–water partition coefficient (Wildman–Crippen LogP) is 1.57. The van der Waals surface area contributed by atoms with Gasteiger partial charge in [-0.2, -0.15) is 0 Å². The highest BCUT2D eigenvalue weighted by Crippen LogP contribution is 2.09. The normalized spacial score (nSPS) is 10.2. The minimum absolute atomic E-state index is 0.0975. The number of pyridine rings is 1. The molecular weight excluding hydrogens is 356 g/mol. The van der Waals surface area contributed by atoms with Gasteiger partial charge in [-0.3, -0.25) is 4.79 Å². The molecule has 2 aromatic heterocycles. The molecule has 2 heterocycles. The molecule has 0 aromatic carbocycles. The SMILES string of the molecule is O=C(Cn1cnc(I)n1)Nc1ccc(Cl)cn1. The summed E-state index contributed by atoms with van der Waals surface area (Å²) in [4.78, 5) is 19.5. The van der Waals surface area contributed by atoms with Gasteiger partial charge in [-0.1, -0.05) is 11.6 Å². The summed E-state index contributed by atoms with van der Waals surface area (Å²) in [7, 11) is 0. The second-order valence-electron chi connectivity index (χ2n) is 3.12. The molecule has 0 radical (unpaired) electrons. The summed E-state index contributed by atoms with van der Waals surface area (Å²) < 4.78 is 2.05. The second-order valence-corrected chi connectivity index (χ2v) is 4.52. The van der Waals surface area contributed by atoms with Gasteiger partial charge in [0.05, 0.1) is 5.02 Å². The lowest BCUT2D eigenvalue weighted by molar-refractivity contribution is -0.116. The standard InChI is InChI=1S/C9H7ClIN5O/c10-6-1-2-7(12-3-6)14-8(17)4-16-5-13-9(11)15-16/h1-3,5H,4H2,(H,12,14,17). The number of halogens is 2. The first-order valence-corrected chi connectivity index (χ1v) is 6.05. The van der Waals surface area contributed by atoms with Gasteiger partial charge in [0.15, 0.2) is 0 Å². The molecule has 6 nitrogen and oxygen atoms in total. The summed E-state index contributed by atoms with van der Waals surface area (Å²) >= 11 is 7.66. The number of rotatable bonds is 3. The minimum atomic E-state index is -0.221. The van der Waals surface area contributed by atoms with E-state index in [2.05, 4.69) is 20.4 Å². The van der Waals surface area contributed by atoms with Gasteiger partial charge in [0.1, 0.15) is 18.7 Å². The topological polar surface area (TPSA) is 72.7 Å². The van der Waals surface area contributed by atoms with Crippen LogP contribution in [0.25, 0.3) is 0 Å². The van der Waals surface area contributed by atoms with Gasteiger partial charge in [-0.05, 0) is 12.1 Å². The zero-order chi connectivity index (χ0) is 12.3. The molecule has 0 aliphatic carbocycles. The molecule has 8 heteroatoms. The Bertz CT molecular complexity index is 526. The Kier molecular flexibility index (Phi) is 3.89. The summed E-state index contributed by atoms with van der Waals surface area (Å²) in [6.07, 6.45) is 2.96. The van der Waals surface area contributed by atoms with E-state index in [0.717, 1.165) is 0 Å². The third kappa shape index (κ3) is 3.63. The van der Waals surface area contributed by atoms with Crippen LogP contribution in [0.15, 0.2) is 24.7 Å². The summed E-state index contributed by atoms with van der Waals surface area (Å²) in [6, 6.07) is 3.29. The molecule has 1 amide bonds. The molecule has 0 spiro atoms. The zero-order valence-electron chi connectivity index (χ0n) is 8.47. The lowest BCUT2D eigenvalue weighted by Gasteiger charge is -2.03.